The number of rotatable bonds is 4. The van der Waals surface area contributed by atoms with Crippen molar-refractivity contribution in [1.82, 2.24) is 0 Å². The number of piperidine rings is 1. The number of benzene rings is 1. The molecule has 6 nitrogen and oxygen atoms in total. The maximum Gasteiger partial charge on any atom is 0.303 e. The molecule has 108 valence electrons. The summed E-state index contributed by atoms with van der Waals surface area (Å²) in [6.07, 6.45) is 1.59. The van der Waals surface area contributed by atoms with Gasteiger partial charge in [0.15, 0.2) is 0 Å². The smallest absolute Gasteiger partial charge is 0.303 e. The summed E-state index contributed by atoms with van der Waals surface area (Å²) in [4.78, 5) is 23.2. The van der Waals surface area contributed by atoms with E-state index in [0.29, 0.717) is 23.8 Å². The predicted molar refractivity (Wildman–Crippen MR) is 75.3 cm³/mol. The maximum atomic E-state index is 11.0. The lowest BCUT2D eigenvalue weighted by Crippen LogP contribution is -2.34. The second-order valence-corrected chi connectivity index (χ2v) is 5.35. The molecule has 0 radical (unpaired) electrons. The van der Waals surface area contributed by atoms with E-state index in [2.05, 4.69) is 0 Å². The van der Waals surface area contributed by atoms with E-state index in [1.807, 2.05) is 4.90 Å². The molecule has 1 saturated heterocycles. The van der Waals surface area contributed by atoms with Crippen molar-refractivity contribution >= 4 is 28.9 Å². The molecule has 2 rings (SSSR count). The first kappa shape index (κ1) is 14.6. The van der Waals surface area contributed by atoms with E-state index in [-0.39, 0.29) is 18.0 Å². The summed E-state index contributed by atoms with van der Waals surface area (Å²) >= 11 is 5.91. The number of nitrogens with zero attached hydrogens (tertiary/aromatic N) is 2. The van der Waals surface area contributed by atoms with Gasteiger partial charge in [0.05, 0.1) is 4.92 Å². The van der Waals surface area contributed by atoms with Crippen molar-refractivity contribution in [2.75, 3.05) is 18.0 Å². The molecule has 1 aliphatic rings. The fourth-order valence-electron chi connectivity index (χ4n) is 2.53. The molecule has 1 aliphatic heterocycles. The molecular weight excluding hydrogens is 284 g/mol. The van der Waals surface area contributed by atoms with Crippen LogP contribution in [0, 0.1) is 16.0 Å². The Morgan fingerprint density at radius 2 is 2.10 bits per heavy atom. The Kier molecular flexibility index (Phi) is 4.44. The Balaban J connectivity index is 2.12. The van der Waals surface area contributed by atoms with Crippen LogP contribution in [-0.4, -0.2) is 29.1 Å². The van der Waals surface area contributed by atoms with Crippen LogP contribution in [0.15, 0.2) is 18.2 Å². The Hall–Kier alpha value is -1.82. The van der Waals surface area contributed by atoms with Crippen LogP contribution in [0.1, 0.15) is 19.3 Å². The van der Waals surface area contributed by atoms with Gasteiger partial charge in [0.1, 0.15) is 5.69 Å². The van der Waals surface area contributed by atoms with Crippen molar-refractivity contribution in [2.45, 2.75) is 19.3 Å². The van der Waals surface area contributed by atoms with Crippen molar-refractivity contribution in [2.24, 2.45) is 5.92 Å². The van der Waals surface area contributed by atoms with Gasteiger partial charge in [0, 0.05) is 30.6 Å². The normalized spacial score (nSPS) is 16.1. The quantitative estimate of drug-likeness (QED) is 0.682. The molecule has 1 N–H and O–H groups in total. The molecule has 1 aromatic rings. The molecule has 7 heteroatoms. The van der Waals surface area contributed by atoms with Crippen LogP contribution >= 0.6 is 11.6 Å². The number of halogens is 1. The number of carbonyl (C=O) groups is 1. The van der Waals surface area contributed by atoms with E-state index in [0.717, 1.165) is 12.8 Å². The van der Waals surface area contributed by atoms with Gasteiger partial charge in [-0.3, -0.25) is 14.9 Å². The van der Waals surface area contributed by atoms with Gasteiger partial charge in [-0.25, -0.2) is 0 Å². The largest absolute Gasteiger partial charge is 0.481 e. The number of carboxylic acid groups (broad SMARTS) is 1. The monoisotopic (exact) mass is 298 g/mol. The zero-order valence-electron chi connectivity index (χ0n) is 10.8. The SMILES string of the molecule is O=C(O)CC1CCN(c2cc(Cl)ccc2[N+](=O)[O-])CC1. The molecule has 0 spiro atoms. The highest BCUT2D eigenvalue weighted by molar-refractivity contribution is 6.31. The highest BCUT2D eigenvalue weighted by Crippen LogP contribution is 2.34. The van der Waals surface area contributed by atoms with Gasteiger partial charge < -0.3 is 10.0 Å². The van der Waals surface area contributed by atoms with Gasteiger partial charge in [-0.1, -0.05) is 11.6 Å². The first-order valence-electron chi connectivity index (χ1n) is 6.38. The number of carboxylic acids is 1. The summed E-state index contributed by atoms with van der Waals surface area (Å²) in [6, 6.07) is 4.50. The molecule has 1 heterocycles. The average Bonchev–Trinajstić information content (AvgIpc) is 2.38. The number of nitro groups is 1. The lowest BCUT2D eigenvalue weighted by Gasteiger charge is -2.32. The lowest BCUT2D eigenvalue weighted by atomic mass is 9.93. The molecule has 0 aromatic heterocycles. The van der Waals surface area contributed by atoms with Gasteiger partial charge in [0.25, 0.3) is 5.69 Å². The minimum atomic E-state index is -0.794. The van der Waals surface area contributed by atoms with Crippen molar-refractivity contribution in [3.05, 3.63) is 33.3 Å². The second-order valence-electron chi connectivity index (χ2n) is 4.92. The van der Waals surface area contributed by atoms with Crippen LogP contribution in [0.2, 0.25) is 5.02 Å². The van der Waals surface area contributed by atoms with Gasteiger partial charge in [-0.05, 0) is 30.9 Å². The van der Waals surface area contributed by atoms with Gasteiger partial charge in [0.2, 0.25) is 0 Å². The molecule has 0 saturated carbocycles. The zero-order chi connectivity index (χ0) is 14.7. The predicted octanol–water partition coefficient (Wildman–Crippen LogP) is 2.94. The van der Waals surface area contributed by atoms with E-state index in [1.54, 1.807) is 6.07 Å². The summed E-state index contributed by atoms with van der Waals surface area (Å²) in [7, 11) is 0. The molecule has 1 fully saturated rings. The highest BCUT2D eigenvalue weighted by Gasteiger charge is 2.26. The van der Waals surface area contributed by atoms with Crippen molar-refractivity contribution in [3.8, 4) is 0 Å². The molecule has 0 amide bonds. The van der Waals surface area contributed by atoms with E-state index in [9.17, 15) is 14.9 Å². The average molecular weight is 299 g/mol. The Labute approximate surface area is 121 Å². The number of hydrogen-bond acceptors (Lipinski definition) is 4. The van der Waals surface area contributed by atoms with Crippen LogP contribution in [0.25, 0.3) is 0 Å². The van der Waals surface area contributed by atoms with Crippen LogP contribution in [0.5, 0.6) is 0 Å². The molecule has 0 atom stereocenters. The fourth-order valence-corrected chi connectivity index (χ4v) is 2.70. The minimum Gasteiger partial charge on any atom is -0.481 e. The summed E-state index contributed by atoms with van der Waals surface area (Å²) in [6.45, 7) is 1.22. The molecule has 20 heavy (non-hydrogen) atoms. The summed E-state index contributed by atoms with van der Waals surface area (Å²) in [5.41, 5.74) is 0.544. The van der Waals surface area contributed by atoms with E-state index < -0.39 is 10.9 Å². The lowest BCUT2D eigenvalue weighted by molar-refractivity contribution is -0.384. The van der Waals surface area contributed by atoms with Gasteiger partial charge >= 0.3 is 5.97 Å². The van der Waals surface area contributed by atoms with Crippen LogP contribution in [0.3, 0.4) is 0 Å². The van der Waals surface area contributed by atoms with Crippen molar-refractivity contribution in [3.63, 3.8) is 0 Å². The molecule has 0 bridgehead atoms. The number of aliphatic carboxylic acids is 1. The molecule has 1 aromatic carbocycles. The second kappa shape index (κ2) is 6.09. The highest BCUT2D eigenvalue weighted by atomic mass is 35.5. The van der Waals surface area contributed by atoms with Crippen LogP contribution in [-0.2, 0) is 4.79 Å². The third kappa shape index (κ3) is 3.39. The van der Waals surface area contributed by atoms with Gasteiger partial charge in [-0.15, -0.1) is 0 Å². The standard InChI is InChI=1S/C13H15ClN2O4/c14-10-1-2-11(16(19)20)12(8-10)15-5-3-9(4-6-15)7-13(17)18/h1-2,8-9H,3-7H2,(H,17,18). The van der Waals surface area contributed by atoms with Crippen LogP contribution in [0.4, 0.5) is 11.4 Å². The topological polar surface area (TPSA) is 83.7 Å². The Morgan fingerprint density at radius 1 is 1.45 bits per heavy atom. The maximum absolute atomic E-state index is 11.0. The number of hydrogen-bond donors (Lipinski definition) is 1. The summed E-state index contributed by atoms with van der Waals surface area (Å²) < 4.78 is 0. The third-order valence-electron chi connectivity index (χ3n) is 3.55. The number of nitro benzene ring substituents is 1. The number of anilines is 1. The molecule has 0 aliphatic carbocycles. The van der Waals surface area contributed by atoms with Crippen molar-refractivity contribution < 1.29 is 14.8 Å². The minimum absolute atomic E-state index is 0.0334. The Morgan fingerprint density at radius 3 is 2.65 bits per heavy atom. The molecule has 0 unspecified atom stereocenters. The van der Waals surface area contributed by atoms with E-state index in [4.69, 9.17) is 16.7 Å². The van der Waals surface area contributed by atoms with E-state index in [1.165, 1.54) is 12.1 Å². The zero-order valence-corrected chi connectivity index (χ0v) is 11.5. The first-order chi connectivity index (χ1) is 9.47. The third-order valence-corrected chi connectivity index (χ3v) is 3.79. The summed E-state index contributed by atoms with van der Waals surface area (Å²) in [5, 5.41) is 20.3. The summed E-state index contributed by atoms with van der Waals surface area (Å²) in [5.74, 6) is -0.654. The Bertz CT molecular complexity index is 527. The van der Waals surface area contributed by atoms with Crippen molar-refractivity contribution in [1.29, 1.82) is 0 Å². The van der Waals surface area contributed by atoms with Crippen LogP contribution < -0.4 is 4.90 Å². The van der Waals surface area contributed by atoms with Gasteiger partial charge in [-0.2, -0.15) is 0 Å². The fraction of sp³-hybridized carbons (Fsp3) is 0.462. The first-order valence-corrected chi connectivity index (χ1v) is 6.76. The molecular formula is C13H15ClN2O4. The van der Waals surface area contributed by atoms with E-state index >= 15 is 0 Å².